The molecule has 0 spiro atoms. The summed E-state index contributed by atoms with van der Waals surface area (Å²) >= 11 is 3.23. The first-order valence-corrected chi connectivity index (χ1v) is 11.1. The molecule has 0 saturated carbocycles. The predicted molar refractivity (Wildman–Crippen MR) is 106 cm³/mol. The Hall–Kier alpha value is -1.98. The van der Waals surface area contributed by atoms with Crippen molar-refractivity contribution in [3.05, 3.63) is 58.3 Å². The molecule has 30 heavy (non-hydrogen) atoms. The number of rotatable bonds is 4. The normalized spacial score (nSPS) is 18.2. The van der Waals surface area contributed by atoms with Crippen molar-refractivity contribution >= 4 is 37.5 Å². The lowest BCUT2D eigenvalue weighted by Gasteiger charge is -2.31. The fourth-order valence-electron chi connectivity index (χ4n) is 3.19. The van der Waals surface area contributed by atoms with Gasteiger partial charge in [-0.25, -0.2) is 12.8 Å². The molecule has 0 aromatic heterocycles. The number of sulfonamides is 1. The fourth-order valence-corrected chi connectivity index (χ4v) is 4.98. The number of hydrogen-bond donors (Lipinski definition) is 1. The van der Waals surface area contributed by atoms with Gasteiger partial charge in [-0.05, 0) is 55.3 Å². The van der Waals surface area contributed by atoms with Crippen LogP contribution in [0.3, 0.4) is 0 Å². The first-order valence-electron chi connectivity index (χ1n) is 8.92. The van der Waals surface area contributed by atoms with Crippen LogP contribution in [0.2, 0.25) is 0 Å². The van der Waals surface area contributed by atoms with Crippen LogP contribution in [0.5, 0.6) is 0 Å². The molecule has 11 heteroatoms. The Morgan fingerprint density at radius 1 is 1.13 bits per heavy atom. The highest BCUT2D eigenvalue weighted by atomic mass is 79.9. The van der Waals surface area contributed by atoms with Gasteiger partial charge in [0.15, 0.2) is 0 Å². The Labute approximate surface area is 179 Å². The van der Waals surface area contributed by atoms with Crippen LogP contribution in [0.4, 0.5) is 23.2 Å². The number of amides is 1. The van der Waals surface area contributed by atoms with E-state index in [1.165, 1.54) is 16.4 Å². The topological polar surface area (TPSA) is 66.5 Å². The van der Waals surface area contributed by atoms with Gasteiger partial charge in [0.1, 0.15) is 5.82 Å². The molecule has 1 saturated heterocycles. The van der Waals surface area contributed by atoms with Crippen molar-refractivity contribution in [3.8, 4) is 0 Å². The molecule has 0 bridgehead atoms. The Morgan fingerprint density at radius 2 is 1.80 bits per heavy atom. The minimum absolute atomic E-state index is 0.0834. The van der Waals surface area contributed by atoms with Gasteiger partial charge in [-0.15, -0.1) is 0 Å². The van der Waals surface area contributed by atoms with Gasteiger partial charge < -0.3 is 5.32 Å². The van der Waals surface area contributed by atoms with Gasteiger partial charge in [-0.3, -0.25) is 4.79 Å². The van der Waals surface area contributed by atoms with E-state index in [9.17, 15) is 30.8 Å². The van der Waals surface area contributed by atoms with Crippen LogP contribution in [0.25, 0.3) is 0 Å². The number of carbonyl (C=O) groups is 1. The van der Waals surface area contributed by atoms with E-state index in [4.69, 9.17) is 0 Å². The zero-order chi connectivity index (χ0) is 22.1. The summed E-state index contributed by atoms with van der Waals surface area (Å²) < 4.78 is 79.6. The molecule has 0 aliphatic carbocycles. The molecule has 1 aliphatic rings. The molecule has 1 atom stereocenters. The van der Waals surface area contributed by atoms with Crippen molar-refractivity contribution in [2.24, 2.45) is 5.92 Å². The number of benzene rings is 2. The summed E-state index contributed by atoms with van der Waals surface area (Å²) in [4.78, 5) is 12.6. The maximum atomic E-state index is 13.4. The third-order valence-corrected chi connectivity index (χ3v) is 7.15. The summed E-state index contributed by atoms with van der Waals surface area (Å²) in [6, 6.07) is 8.25. The van der Waals surface area contributed by atoms with E-state index < -0.39 is 39.4 Å². The van der Waals surface area contributed by atoms with Gasteiger partial charge in [-0.2, -0.15) is 17.5 Å². The molecular weight excluding hydrogens is 492 g/mol. The number of carbonyl (C=O) groups excluding carboxylic acids is 1. The van der Waals surface area contributed by atoms with Crippen molar-refractivity contribution in [1.29, 1.82) is 0 Å². The molecule has 3 rings (SSSR count). The van der Waals surface area contributed by atoms with E-state index >= 15 is 0 Å². The standard InChI is InChI=1S/C19H17BrF4N2O3S/c20-13-3-6-15(7-4-13)30(28,29)26-9-1-2-12(11-26)18(27)25-14-5-8-17(21)16(10-14)19(22,23)24/h3-8,10,12H,1-2,9,11H2,(H,25,27)/t12-/m1/s1. The molecule has 162 valence electrons. The fraction of sp³-hybridized carbons (Fsp3) is 0.316. The number of nitrogens with zero attached hydrogens (tertiary/aromatic N) is 1. The van der Waals surface area contributed by atoms with E-state index in [2.05, 4.69) is 21.2 Å². The van der Waals surface area contributed by atoms with E-state index in [0.29, 0.717) is 25.0 Å². The number of hydrogen-bond acceptors (Lipinski definition) is 3. The number of alkyl halides is 3. The Kier molecular flexibility index (Phi) is 6.54. The van der Waals surface area contributed by atoms with E-state index in [1.807, 2.05) is 0 Å². The van der Waals surface area contributed by atoms with Gasteiger partial charge in [0.25, 0.3) is 0 Å². The van der Waals surface area contributed by atoms with Crippen LogP contribution >= 0.6 is 15.9 Å². The zero-order valence-corrected chi connectivity index (χ0v) is 17.8. The average molecular weight is 509 g/mol. The second-order valence-corrected chi connectivity index (χ2v) is 9.69. The largest absolute Gasteiger partial charge is 0.419 e. The van der Waals surface area contributed by atoms with Crippen molar-refractivity contribution < 1.29 is 30.8 Å². The van der Waals surface area contributed by atoms with Crippen LogP contribution in [0.1, 0.15) is 18.4 Å². The van der Waals surface area contributed by atoms with Gasteiger partial charge in [0.2, 0.25) is 15.9 Å². The van der Waals surface area contributed by atoms with E-state index in [-0.39, 0.29) is 23.7 Å². The first-order chi connectivity index (χ1) is 14.0. The molecule has 1 heterocycles. The smallest absolute Gasteiger partial charge is 0.326 e. The SMILES string of the molecule is O=C(Nc1ccc(F)c(C(F)(F)F)c1)[C@@H]1CCCN(S(=O)(=O)c2ccc(Br)cc2)C1. The highest BCUT2D eigenvalue weighted by Gasteiger charge is 2.36. The van der Waals surface area contributed by atoms with Crippen molar-refractivity contribution in [3.63, 3.8) is 0 Å². The van der Waals surface area contributed by atoms with Gasteiger partial charge in [0.05, 0.1) is 16.4 Å². The maximum Gasteiger partial charge on any atom is 0.419 e. The molecule has 2 aromatic rings. The third-order valence-electron chi connectivity index (χ3n) is 4.75. The van der Waals surface area contributed by atoms with Gasteiger partial charge >= 0.3 is 6.18 Å². The molecular formula is C19H17BrF4N2O3S. The molecule has 1 aliphatic heterocycles. The molecule has 1 amide bonds. The zero-order valence-electron chi connectivity index (χ0n) is 15.4. The Bertz CT molecular complexity index is 1040. The molecule has 5 nitrogen and oxygen atoms in total. The lowest BCUT2D eigenvalue weighted by Crippen LogP contribution is -2.43. The highest BCUT2D eigenvalue weighted by Crippen LogP contribution is 2.33. The lowest BCUT2D eigenvalue weighted by molar-refractivity contribution is -0.140. The summed E-state index contributed by atoms with van der Waals surface area (Å²) in [6.07, 6.45) is -4.10. The maximum absolute atomic E-state index is 13.4. The first kappa shape index (κ1) is 22.7. The summed E-state index contributed by atoms with van der Waals surface area (Å²) in [5.41, 5.74) is -1.69. The Balaban J connectivity index is 1.74. The summed E-state index contributed by atoms with van der Waals surface area (Å²) in [6.45, 7) is 0.133. The lowest BCUT2D eigenvalue weighted by atomic mass is 9.98. The van der Waals surface area contributed by atoms with E-state index in [0.717, 1.165) is 10.5 Å². The average Bonchev–Trinajstić information content (AvgIpc) is 2.69. The van der Waals surface area contributed by atoms with Gasteiger partial charge in [0, 0.05) is 23.2 Å². The molecule has 0 unspecified atom stereocenters. The second kappa shape index (κ2) is 8.64. The minimum atomic E-state index is -4.90. The number of anilines is 1. The summed E-state index contributed by atoms with van der Waals surface area (Å²) in [5.74, 6) is -2.81. The molecule has 1 fully saturated rings. The number of piperidine rings is 1. The van der Waals surface area contributed by atoms with Crippen molar-refractivity contribution in [2.75, 3.05) is 18.4 Å². The van der Waals surface area contributed by atoms with Crippen LogP contribution in [-0.2, 0) is 21.0 Å². The summed E-state index contributed by atoms with van der Waals surface area (Å²) in [7, 11) is -3.82. The van der Waals surface area contributed by atoms with Crippen molar-refractivity contribution in [2.45, 2.75) is 23.9 Å². The van der Waals surface area contributed by atoms with Crippen LogP contribution in [0.15, 0.2) is 51.8 Å². The monoisotopic (exact) mass is 508 g/mol. The Morgan fingerprint density at radius 3 is 2.43 bits per heavy atom. The van der Waals surface area contributed by atoms with Crippen molar-refractivity contribution in [1.82, 2.24) is 4.31 Å². The molecule has 1 N–H and O–H groups in total. The minimum Gasteiger partial charge on any atom is -0.326 e. The number of halogens is 5. The van der Waals surface area contributed by atoms with Gasteiger partial charge in [-0.1, -0.05) is 15.9 Å². The van der Waals surface area contributed by atoms with Crippen LogP contribution in [-0.4, -0.2) is 31.7 Å². The number of nitrogens with one attached hydrogen (secondary N) is 1. The predicted octanol–water partition coefficient (Wildman–Crippen LogP) is 4.65. The van der Waals surface area contributed by atoms with E-state index in [1.54, 1.807) is 12.1 Å². The van der Waals surface area contributed by atoms with Crippen LogP contribution < -0.4 is 5.32 Å². The second-order valence-electron chi connectivity index (χ2n) is 6.84. The molecule has 2 aromatic carbocycles. The quantitative estimate of drug-likeness (QED) is 0.611. The van der Waals surface area contributed by atoms with Crippen LogP contribution in [0, 0.1) is 11.7 Å². The third kappa shape index (κ3) is 5.01. The highest BCUT2D eigenvalue weighted by molar-refractivity contribution is 9.10. The molecule has 0 radical (unpaired) electrons. The summed E-state index contributed by atoms with van der Waals surface area (Å²) in [5, 5.41) is 2.34.